The van der Waals surface area contributed by atoms with Gasteiger partial charge < -0.3 is 0 Å². The second-order valence-corrected chi connectivity index (χ2v) is 4.73. The highest BCUT2D eigenvalue weighted by Gasteiger charge is 2.04. The van der Waals surface area contributed by atoms with E-state index in [-0.39, 0.29) is 5.91 Å². The first kappa shape index (κ1) is 13.9. The van der Waals surface area contributed by atoms with Crippen LogP contribution in [0.4, 0.5) is 0 Å². The monoisotopic (exact) mass is 267 g/mol. The molecule has 0 atom stereocenters. The molecule has 0 bridgehead atoms. The lowest BCUT2D eigenvalue weighted by Crippen LogP contribution is -2.18. The summed E-state index contributed by atoms with van der Waals surface area (Å²) in [5, 5.41) is 4.00. The molecule has 0 saturated carbocycles. The lowest BCUT2D eigenvalue weighted by atomic mass is 10.0. The smallest absolute Gasteiger partial charge is 0.266 e. The summed E-state index contributed by atoms with van der Waals surface area (Å²) >= 11 is 0. The molecular weight excluding hydrogens is 250 g/mol. The molecule has 102 valence electrons. The number of hydrogen-bond donors (Lipinski definition) is 1. The standard InChI is InChI=1S/C16H17N3O/c1-11-8-12(2)14(13(3)9-11)10-18-19-16(20)15-6-4-5-7-17-15/h4-10H,1-3H3,(H,19,20)/b18-10-. The van der Waals surface area contributed by atoms with Gasteiger partial charge >= 0.3 is 0 Å². The molecule has 0 radical (unpaired) electrons. The van der Waals surface area contributed by atoms with Crippen molar-refractivity contribution in [1.29, 1.82) is 0 Å². The van der Waals surface area contributed by atoms with Crippen LogP contribution in [-0.2, 0) is 0 Å². The van der Waals surface area contributed by atoms with Gasteiger partial charge in [-0.15, -0.1) is 0 Å². The maximum atomic E-state index is 11.8. The molecule has 0 aliphatic heterocycles. The third-order valence-electron chi connectivity index (χ3n) is 3.00. The van der Waals surface area contributed by atoms with E-state index in [0.29, 0.717) is 5.69 Å². The summed E-state index contributed by atoms with van der Waals surface area (Å²) in [7, 11) is 0. The molecule has 1 aromatic heterocycles. The molecule has 4 nitrogen and oxygen atoms in total. The predicted molar refractivity (Wildman–Crippen MR) is 80.0 cm³/mol. The van der Waals surface area contributed by atoms with Crippen LogP contribution in [0, 0.1) is 20.8 Å². The van der Waals surface area contributed by atoms with E-state index in [1.54, 1.807) is 30.6 Å². The third kappa shape index (κ3) is 3.29. The Labute approximate surface area is 118 Å². The molecule has 0 saturated heterocycles. The second kappa shape index (κ2) is 6.10. The Kier molecular flexibility index (Phi) is 4.25. The van der Waals surface area contributed by atoms with Gasteiger partial charge in [-0.25, -0.2) is 5.43 Å². The topological polar surface area (TPSA) is 54.4 Å². The van der Waals surface area contributed by atoms with Gasteiger partial charge in [0.2, 0.25) is 0 Å². The summed E-state index contributed by atoms with van der Waals surface area (Å²) in [4.78, 5) is 15.7. The fourth-order valence-electron chi connectivity index (χ4n) is 2.10. The number of amides is 1. The van der Waals surface area contributed by atoms with Gasteiger partial charge in [0, 0.05) is 11.8 Å². The molecular formula is C16H17N3O. The normalized spacial score (nSPS) is 10.8. The van der Waals surface area contributed by atoms with Gasteiger partial charge in [-0.2, -0.15) is 5.10 Å². The molecule has 1 amide bonds. The Hall–Kier alpha value is -2.49. The van der Waals surface area contributed by atoms with E-state index in [1.165, 1.54) is 5.56 Å². The highest BCUT2D eigenvalue weighted by atomic mass is 16.2. The van der Waals surface area contributed by atoms with E-state index < -0.39 is 0 Å². The Balaban J connectivity index is 2.10. The summed E-state index contributed by atoms with van der Waals surface area (Å²) in [6, 6.07) is 9.36. The lowest BCUT2D eigenvalue weighted by molar-refractivity contribution is 0.0950. The maximum Gasteiger partial charge on any atom is 0.289 e. The SMILES string of the molecule is Cc1cc(C)c(/C=N\NC(=O)c2ccccn2)c(C)c1. The Morgan fingerprint density at radius 1 is 1.20 bits per heavy atom. The minimum Gasteiger partial charge on any atom is -0.266 e. The molecule has 4 heteroatoms. The number of rotatable bonds is 3. The fourth-order valence-corrected chi connectivity index (χ4v) is 2.10. The van der Waals surface area contributed by atoms with Crippen LogP contribution < -0.4 is 5.43 Å². The highest BCUT2D eigenvalue weighted by Crippen LogP contribution is 2.13. The van der Waals surface area contributed by atoms with Gasteiger partial charge in [-0.1, -0.05) is 23.8 Å². The number of hydrazone groups is 1. The van der Waals surface area contributed by atoms with Crippen LogP contribution in [0.3, 0.4) is 0 Å². The molecule has 0 aliphatic carbocycles. The molecule has 1 heterocycles. The van der Waals surface area contributed by atoms with E-state index in [0.717, 1.165) is 16.7 Å². The number of nitrogens with zero attached hydrogens (tertiary/aromatic N) is 2. The molecule has 0 unspecified atom stereocenters. The molecule has 20 heavy (non-hydrogen) atoms. The van der Waals surface area contributed by atoms with Crippen molar-refractivity contribution in [3.63, 3.8) is 0 Å². The van der Waals surface area contributed by atoms with Crippen LogP contribution in [0.25, 0.3) is 0 Å². The zero-order valence-electron chi connectivity index (χ0n) is 11.8. The minimum absolute atomic E-state index is 0.315. The molecule has 0 fully saturated rings. The van der Waals surface area contributed by atoms with Crippen LogP contribution >= 0.6 is 0 Å². The van der Waals surface area contributed by atoms with Gasteiger partial charge in [-0.05, 0) is 44.0 Å². The van der Waals surface area contributed by atoms with Crippen molar-refractivity contribution in [3.05, 3.63) is 64.5 Å². The zero-order chi connectivity index (χ0) is 14.5. The van der Waals surface area contributed by atoms with Crippen molar-refractivity contribution in [2.75, 3.05) is 0 Å². The Morgan fingerprint density at radius 2 is 1.90 bits per heavy atom. The number of benzene rings is 1. The average Bonchev–Trinajstić information content (AvgIpc) is 2.42. The van der Waals surface area contributed by atoms with Crippen molar-refractivity contribution in [3.8, 4) is 0 Å². The quantitative estimate of drug-likeness (QED) is 0.686. The van der Waals surface area contributed by atoms with Gasteiger partial charge in [-0.3, -0.25) is 9.78 Å². The van der Waals surface area contributed by atoms with Gasteiger partial charge in [0.15, 0.2) is 0 Å². The molecule has 0 aliphatic rings. The van der Waals surface area contributed by atoms with Crippen LogP contribution in [0.5, 0.6) is 0 Å². The van der Waals surface area contributed by atoms with Crippen LogP contribution in [0.1, 0.15) is 32.7 Å². The zero-order valence-corrected chi connectivity index (χ0v) is 11.8. The summed E-state index contributed by atoms with van der Waals surface area (Å²) in [5.74, 6) is -0.315. The van der Waals surface area contributed by atoms with Crippen molar-refractivity contribution in [2.24, 2.45) is 5.10 Å². The molecule has 0 spiro atoms. The summed E-state index contributed by atoms with van der Waals surface area (Å²) in [6.45, 7) is 6.12. The predicted octanol–water partition coefficient (Wildman–Crippen LogP) is 2.77. The minimum atomic E-state index is -0.315. The van der Waals surface area contributed by atoms with Crippen molar-refractivity contribution in [2.45, 2.75) is 20.8 Å². The molecule has 2 rings (SSSR count). The first-order chi connectivity index (χ1) is 9.58. The van der Waals surface area contributed by atoms with E-state index in [2.05, 4.69) is 34.6 Å². The van der Waals surface area contributed by atoms with Gasteiger partial charge in [0.05, 0.1) is 6.21 Å². The second-order valence-electron chi connectivity index (χ2n) is 4.73. The number of aryl methyl sites for hydroxylation is 3. The maximum absolute atomic E-state index is 11.8. The van der Waals surface area contributed by atoms with E-state index in [9.17, 15) is 4.79 Å². The third-order valence-corrected chi connectivity index (χ3v) is 3.00. The average molecular weight is 267 g/mol. The largest absolute Gasteiger partial charge is 0.289 e. The Bertz CT molecular complexity index is 625. The first-order valence-electron chi connectivity index (χ1n) is 6.40. The van der Waals surface area contributed by atoms with Crippen molar-refractivity contribution in [1.82, 2.24) is 10.4 Å². The van der Waals surface area contributed by atoms with Crippen molar-refractivity contribution >= 4 is 12.1 Å². The molecule has 1 N–H and O–H groups in total. The van der Waals surface area contributed by atoms with Gasteiger partial charge in [0.25, 0.3) is 5.91 Å². The van der Waals surface area contributed by atoms with Crippen LogP contribution in [0.2, 0.25) is 0 Å². The number of aromatic nitrogens is 1. The van der Waals surface area contributed by atoms with E-state index in [1.807, 2.05) is 13.8 Å². The van der Waals surface area contributed by atoms with E-state index >= 15 is 0 Å². The van der Waals surface area contributed by atoms with Crippen LogP contribution in [-0.4, -0.2) is 17.1 Å². The summed E-state index contributed by atoms with van der Waals surface area (Å²) in [6.07, 6.45) is 3.25. The number of nitrogens with one attached hydrogen (secondary N) is 1. The molecule has 1 aromatic carbocycles. The first-order valence-corrected chi connectivity index (χ1v) is 6.40. The van der Waals surface area contributed by atoms with E-state index in [4.69, 9.17) is 0 Å². The fraction of sp³-hybridized carbons (Fsp3) is 0.188. The highest BCUT2D eigenvalue weighted by molar-refractivity contribution is 5.93. The van der Waals surface area contributed by atoms with Crippen LogP contribution in [0.15, 0.2) is 41.6 Å². The summed E-state index contributed by atoms with van der Waals surface area (Å²) < 4.78 is 0. The summed E-state index contributed by atoms with van der Waals surface area (Å²) in [5.41, 5.74) is 7.35. The molecule has 2 aromatic rings. The Morgan fingerprint density at radius 3 is 2.50 bits per heavy atom. The number of hydrogen-bond acceptors (Lipinski definition) is 3. The lowest BCUT2D eigenvalue weighted by Gasteiger charge is -2.06. The van der Waals surface area contributed by atoms with Gasteiger partial charge in [0.1, 0.15) is 5.69 Å². The number of carbonyl (C=O) groups is 1. The van der Waals surface area contributed by atoms with Crippen molar-refractivity contribution < 1.29 is 4.79 Å². The number of pyridine rings is 1. The number of carbonyl (C=O) groups excluding carboxylic acids is 1.